The van der Waals surface area contributed by atoms with Gasteiger partial charge in [-0.25, -0.2) is 4.98 Å². The van der Waals surface area contributed by atoms with Crippen LogP contribution in [0.5, 0.6) is 0 Å². The molecule has 1 atom stereocenters. The van der Waals surface area contributed by atoms with Gasteiger partial charge in [-0.15, -0.1) is 11.3 Å². The van der Waals surface area contributed by atoms with Crippen LogP contribution in [0.15, 0.2) is 23.8 Å². The first-order valence-electron chi connectivity index (χ1n) is 6.24. The molecule has 0 radical (unpaired) electrons. The fourth-order valence-electron chi connectivity index (χ4n) is 1.85. The monoisotopic (exact) mass is 304 g/mol. The van der Waals surface area contributed by atoms with E-state index >= 15 is 0 Å². The average molecular weight is 304 g/mol. The van der Waals surface area contributed by atoms with Crippen LogP contribution in [0.3, 0.4) is 0 Å². The van der Waals surface area contributed by atoms with Gasteiger partial charge < -0.3 is 9.67 Å². The summed E-state index contributed by atoms with van der Waals surface area (Å²) >= 11 is 1.56. The lowest BCUT2D eigenvalue weighted by Gasteiger charge is -2.12. The van der Waals surface area contributed by atoms with Gasteiger partial charge in [-0.3, -0.25) is 0 Å². The van der Waals surface area contributed by atoms with Gasteiger partial charge in [-0.1, -0.05) is 6.92 Å². The Kier molecular flexibility index (Phi) is 4.49. The molecule has 2 heterocycles. The zero-order chi connectivity index (χ0) is 14.8. The molecule has 0 fully saturated rings. The van der Waals surface area contributed by atoms with E-state index in [0.717, 1.165) is 23.5 Å². The van der Waals surface area contributed by atoms with Gasteiger partial charge in [0.05, 0.1) is 17.2 Å². The van der Waals surface area contributed by atoms with E-state index in [1.54, 1.807) is 15.9 Å². The summed E-state index contributed by atoms with van der Waals surface area (Å²) in [7, 11) is 0. The molecule has 0 amide bonds. The summed E-state index contributed by atoms with van der Waals surface area (Å²) in [4.78, 5) is 4.41. The molecule has 3 nitrogen and oxygen atoms in total. The summed E-state index contributed by atoms with van der Waals surface area (Å²) in [5, 5.41) is 12.1. The molecule has 0 saturated heterocycles. The zero-order valence-corrected chi connectivity index (χ0v) is 11.7. The molecule has 2 rings (SSSR count). The highest BCUT2D eigenvalue weighted by Crippen LogP contribution is 2.32. The highest BCUT2D eigenvalue weighted by molar-refractivity contribution is 7.09. The fraction of sp³-hybridized carbons (Fsp3) is 0.462. The van der Waals surface area contributed by atoms with Crippen molar-refractivity contribution in [3.63, 3.8) is 0 Å². The lowest BCUT2D eigenvalue weighted by Crippen LogP contribution is -2.19. The van der Waals surface area contributed by atoms with E-state index < -0.39 is 12.3 Å². The summed E-state index contributed by atoms with van der Waals surface area (Å²) in [6, 6.07) is 1.28. The third-order valence-corrected chi connectivity index (χ3v) is 3.76. The van der Waals surface area contributed by atoms with Crippen molar-refractivity contribution in [2.24, 2.45) is 0 Å². The molecule has 0 bridgehead atoms. The maximum atomic E-state index is 12.4. The van der Waals surface area contributed by atoms with Crippen molar-refractivity contribution in [3.05, 3.63) is 40.1 Å². The Labute approximate surface area is 118 Å². The number of nitrogens with zero attached hydrogens (tertiary/aromatic N) is 2. The van der Waals surface area contributed by atoms with E-state index in [9.17, 15) is 13.2 Å². The van der Waals surface area contributed by atoms with Crippen LogP contribution in [0.2, 0.25) is 0 Å². The molecule has 0 aromatic carbocycles. The standard InChI is InChI=1S/C13H15F3N2OS/c1-2-3-11-17-10(8-20-11)7-18-5-4-9(6-18)12(19)13(14,15)16/h4-6,8,12,19H,2-3,7H2,1H3. The Hall–Kier alpha value is -1.34. The third kappa shape index (κ3) is 3.61. The van der Waals surface area contributed by atoms with Crippen molar-refractivity contribution in [1.82, 2.24) is 9.55 Å². The van der Waals surface area contributed by atoms with Crippen molar-refractivity contribution < 1.29 is 18.3 Å². The van der Waals surface area contributed by atoms with Gasteiger partial charge in [0.2, 0.25) is 0 Å². The average Bonchev–Trinajstić information content (AvgIpc) is 2.98. The molecule has 0 saturated carbocycles. The molecular formula is C13H15F3N2OS. The number of alkyl halides is 3. The minimum absolute atomic E-state index is 0.151. The van der Waals surface area contributed by atoms with Crippen molar-refractivity contribution in [2.75, 3.05) is 0 Å². The van der Waals surface area contributed by atoms with Crippen LogP contribution >= 0.6 is 11.3 Å². The van der Waals surface area contributed by atoms with Gasteiger partial charge in [0.1, 0.15) is 0 Å². The molecule has 7 heteroatoms. The SMILES string of the molecule is CCCc1nc(Cn2ccc(C(O)C(F)(F)F)c2)cs1. The molecular weight excluding hydrogens is 289 g/mol. The molecule has 2 aromatic rings. The Morgan fingerprint density at radius 1 is 1.45 bits per heavy atom. The predicted molar refractivity (Wildman–Crippen MR) is 70.7 cm³/mol. The van der Waals surface area contributed by atoms with E-state index in [1.165, 1.54) is 18.5 Å². The van der Waals surface area contributed by atoms with Gasteiger partial charge in [0.15, 0.2) is 6.10 Å². The number of rotatable bonds is 5. The molecule has 0 aliphatic rings. The van der Waals surface area contributed by atoms with Crippen molar-refractivity contribution >= 4 is 11.3 Å². The summed E-state index contributed by atoms with van der Waals surface area (Å²) in [6.07, 6.45) is -2.33. The van der Waals surface area contributed by atoms with Gasteiger partial charge in [0, 0.05) is 23.3 Å². The normalized spacial score (nSPS) is 13.7. The second-order valence-electron chi connectivity index (χ2n) is 4.54. The number of aryl methyl sites for hydroxylation is 1. The minimum Gasteiger partial charge on any atom is -0.379 e. The molecule has 0 aliphatic carbocycles. The molecule has 1 unspecified atom stereocenters. The van der Waals surface area contributed by atoms with Crippen molar-refractivity contribution in [1.29, 1.82) is 0 Å². The molecule has 0 spiro atoms. The lowest BCUT2D eigenvalue weighted by molar-refractivity contribution is -0.206. The first-order chi connectivity index (χ1) is 9.40. The molecule has 20 heavy (non-hydrogen) atoms. The number of aliphatic hydroxyl groups excluding tert-OH is 1. The largest absolute Gasteiger partial charge is 0.418 e. The Bertz CT molecular complexity index is 562. The quantitative estimate of drug-likeness (QED) is 0.917. The number of hydrogen-bond donors (Lipinski definition) is 1. The lowest BCUT2D eigenvalue weighted by atomic mass is 10.2. The Balaban J connectivity index is 2.05. The van der Waals surface area contributed by atoms with Gasteiger partial charge in [0.25, 0.3) is 0 Å². The molecule has 0 aliphatic heterocycles. The minimum atomic E-state index is -4.64. The maximum absolute atomic E-state index is 12.4. The van der Waals surface area contributed by atoms with E-state index in [-0.39, 0.29) is 5.56 Å². The van der Waals surface area contributed by atoms with Crippen LogP contribution in [0.4, 0.5) is 13.2 Å². The Morgan fingerprint density at radius 2 is 2.20 bits per heavy atom. The summed E-state index contributed by atoms with van der Waals surface area (Å²) in [5.74, 6) is 0. The van der Waals surface area contributed by atoms with E-state index in [4.69, 9.17) is 5.11 Å². The number of hydrogen-bond acceptors (Lipinski definition) is 3. The fourth-order valence-corrected chi connectivity index (χ4v) is 2.74. The smallest absolute Gasteiger partial charge is 0.379 e. The molecule has 1 N–H and O–H groups in total. The van der Waals surface area contributed by atoms with Crippen LogP contribution in [-0.4, -0.2) is 20.8 Å². The highest BCUT2D eigenvalue weighted by atomic mass is 32.1. The first-order valence-corrected chi connectivity index (χ1v) is 7.12. The summed E-state index contributed by atoms with van der Waals surface area (Å²) < 4.78 is 38.8. The van der Waals surface area contributed by atoms with Gasteiger partial charge in [-0.2, -0.15) is 13.2 Å². The second kappa shape index (κ2) is 5.97. The third-order valence-electron chi connectivity index (χ3n) is 2.81. The van der Waals surface area contributed by atoms with Crippen molar-refractivity contribution in [2.45, 2.75) is 38.6 Å². The maximum Gasteiger partial charge on any atom is 0.418 e. The van der Waals surface area contributed by atoms with Crippen LogP contribution < -0.4 is 0 Å². The van der Waals surface area contributed by atoms with E-state index in [1.807, 2.05) is 5.38 Å². The van der Waals surface area contributed by atoms with Crippen LogP contribution in [-0.2, 0) is 13.0 Å². The van der Waals surface area contributed by atoms with Crippen LogP contribution in [0.25, 0.3) is 0 Å². The highest BCUT2D eigenvalue weighted by Gasteiger charge is 2.39. The number of aliphatic hydroxyl groups is 1. The molecule has 2 aromatic heterocycles. The Morgan fingerprint density at radius 3 is 2.85 bits per heavy atom. The predicted octanol–water partition coefficient (Wildman–Crippen LogP) is 3.54. The second-order valence-corrected chi connectivity index (χ2v) is 5.49. The zero-order valence-electron chi connectivity index (χ0n) is 10.9. The molecule has 110 valence electrons. The van der Waals surface area contributed by atoms with Gasteiger partial charge >= 0.3 is 6.18 Å². The summed E-state index contributed by atoms with van der Waals surface area (Å²) in [6.45, 7) is 2.47. The van der Waals surface area contributed by atoms with Crippen LogP contribution in [0.1, 0.15) is 35.7 Å². The first kappa shape index (κ1) is 15.1. The van der Waals surface area contributed by atoms with Crippen molar-refractivity contribution in [3.8, 4) is 0 Å². The number of halogens is 3. The van der Waals surface area contributed by atoms with E-state index in [0.29, 0.717) is 6.54 Å². The summed E-state index contributed by atoms with van der Waals surface area (Å²) in [5.41, 5.74) is 0.670. The van der Waals surface area contributed by atoms with Crippen LogP contribution in [0, 0.1) is 0 Å². The topological polar surface area (TPSA) is 38.0 Å². The van der Waals surface area contributed by atoms with E-state index in [2.05, 4.69) is 11.9 Å². The number of aromatic nitrogens is 2. The number of thiazole rings is 1. The van der Waals surface area contributed by atoms with Gasteiger partial charge in [-0.05, 0) is 18.9 Å².